The van der Waals surface area contributed by atoms with Gasteiger partial charge in [0, 0.05) is 22.7 Å². The van der Waals surface area contributed by atoms with Gasteiger partial charge in [0.1, 0.15) is 17.3 Å². The van der Waals surface area contributed by atoms with E-state index in [-0.39, 0.29) is 17.3 Å². The van der Waals surface area contributed by atoms with E-state index in [0.717, 1.165) is 0 Å². The molecule has 1 amide bonds. The molecule has 29 heavy (non-hydrogen) atoms. The quantitative estimate of drug-likeness (QED) is 0.330. The summed E-state index contributed by atoms with van der Waals surface area (Å²) in [6.07, 6.45) is 1.30. The zero-order valence-electron chi connectivity index (χ0n) is 14.7. The molecule has 0 fully saturated rings. The van der Waals surface area contributed by atoms with Crippen LogP contribution in [-0.2, 0) is 4.79 Å². The number of nitro benzene ring substituents is 1. The van der Waals surface area contributed by atoms with Crippen molar-refractivity contribution in [2.75, 3.05) is 6.61 Å². The first-order valence-corrected chi connectivity index (χ1v) is 8.92. The van der Waals surface area contributed by atoms with E-state index in [9.17, 15) is 14.9 Å². The number of hydrogen-bond donors (Lipinski definition) is 1. The van der Waals surface area contributed by atoms with Crippen molar-refractivity contribution in [1.82, 2.24) is 5.43 Å². The standard InChI is InChI=1S/C19H13Cl2N3O5/c20-13-4-6-18(16(21)9-13)28-11-19(25)23-22-10-15-5-7-17(29-15)12-2-1-3-14(8-12)24(26)27/h1-10H,11H2,(H,23,25)/b22-10+. The van der Waals surface area contributed by atoms with Crippen LogP contribution in [0.2, 0.25) is 10.0 Å². The Morgan fingerprint density at radius 1 is 1.21 bits per heavy atom. The Morgan fingerprint density at radius 2 is 2.03 bits per heavy atom. The van der Waals surface area contributed by atoms with Crippen molar-refractivity contribution in [2.45, 2.75) is 0 Å². The predicted octanol–water partition coefficient (Wildman–Crippen LogP) is 4.69. The smallest absolute Gasteiger partial charge is 0.277 e. The average molecular weight is 434 g/mol. The van der Waals surface area contributed by atoms with Gasteiger partial charge in [-0.1, -0.05) is 35.3 Å². The molecule has 0 bridgehead atoms. The van der Waals surface area contributed by atoms with E-state index >= 15 is 0 Å². The normalized spacial score (nSPS) is 10.8. The highest BCUT2D eigenvalue weighted by Crippen LogP contribution is 2.27. The van der Waals surface area contributed by atoms with Crippen molar-refractivity contribution < 1.29 is 18.9 Å². The molecule has 2 aromatic carbocycles. The first-order valence-electron chi connectivity index (χ1n) is 8.17. The van der Waals surface area contributed by atoms with Crippen LogP contribution in [0.25, 0.3) is 11.3 Å². The van der Waals surface area contributed by atoms with E-state index in [2.05, 4.69) is 10.5 Å². The topological polar surface area (TPSA) is 107 Å². The zero-order valence-corrected chi connectivity index (χ0v) is 16.2. The molecule has 1 aromatic heterocycles. The minimum Gasteiger partial charge on any atom is -0.482 e. The van der Waals surface area contributed by atoms with E-state index in [4.69, 9.17) is 32.4 Å². The Morgan fingerprint density at radius 3 is 2.79 bits per heavy atom. The van der Waals surface area contributed by atoms with Crippen LogP contribution in [0.1, 0.15) is 5.76 Å². The number of nitrogens with zero attached hydrogens (tertiary/aromatic N) is 2. The molecule has 10 heteroatoms. The summed E-state index contributed by atoms with van der Waals surface area (Å²) >= 11 is 11.7. The third-order valence-corrected chi connectivity index (χ3v) is 4.13. The molecule has 0 spiro atoms. The summed E-state index contributed by atoms with van der Waals surface area (Å²) in [5, 5.41) is 15.4. The fourth-order valence-corrected chi connectivity index (χ4v) is 2.75. The maximum absolute atomic E-state index is 11.8. The number of furan rings is 1. The lowest BCUT2D eigenvalue weighted by atomic mass is 10.1. The van der Waals surface area contributed by atoms with Gasteiger partial charge in [-0.3, -0.25) is 14.9 Å². The zero-order chi connectivity index (χ0) is 20.8. The average Bonchev–Trinajstić information content (AvgIpc) is 3.16. The number of rotatable bonds is 7. The van der Waals surface area contributed by atoms with Crippen molar-refractivity contribution in [1.29, 1.82) is 0 Å². The van der Waals surface area contributed by atoms with Crippen LogP contribution in [0.4, 0.5) is 5.69 Å². The molecule has 0 radical (unpaired) electrons. The summed E-state index contributed by atoms with van der Waals surface area (Å²) < 4.78 is 10.9. The van der Waals surface area contributed by atoms with Crippen molar-refractivity contribution in [3.8, 4) is 17.1 Å². The van der Waals surface area contributed by atoms with Crippen LogP contribution in [0.3, 0.4) is 0 Å². The number of nitro groups is 1. The van der Waals surface area contributed by atoms with Gasteiger partial charge >= 0.3 is 0 Å². The van der Waals surface area contributed by atoms with Crippen molar-refractivity contribution in [3.63, 3.8) is 0 Å². The van der Waals surface area contributed by atoms with Crippen LogP contribution in [0.5, 0.6) is 5.75 Å². The van der Waals surface area contributed by atoms with Crippen LogP contribution in [-0.4, -0.2) is 23.7 Å². The molecule has 1 heterocycles. The van der Waals surface area contributed by atoms with E-state index in [1.165, 1.54) is 24.4 Å². The third-order valence-electron chi connectivity index (χ3n) is 3.60. The largest absolute Gasteiger partial charge is 0.482 e. The molecule has 8 nitrogen and oxygen atoms in total. The lowest BCUT2D eigenvalue weighted by molar-refractivity contribution is -0.384. The SMILES string of the molecule is O=C(COc1ccc(Cl)cc1Cl)N/N=C/c1ccc(-c2cccc([N+](=O)[O-])c2)o1. The van der Waals surface area contributed by atoms with Gasteiger partial charge in [0.15, 0.2) is 6.61 Å². The number of nitrogens with one attached hydrogen (secondary N) is 1. The van der Waals surface area contributed by atoms with Gasteiger partial charge < -0.3 is 9.15 Å². The summed E-state index contributed by atoms with van der Waals surface area (Å²) in [6, 6.07) is 14.0. The number of non-ortho nitro benzene ring substituents is 1. The molecule has 0 unspecified atom stereocenters. The maximum Gasteiger partial charge on any atom is 0.277 e. The first kappa shape index (κ1) is 20.4. The Balaban J connectivity index is 1.55. The fraction of sp³-hybridized carbons (Fsp3) is 0.0526. The number of benzene rings is 2. The molecule has 0 aliphatic carbocycles. The summed E-state index contributed by atoms with van der Waals surface area (Å²) in [5.74, 6) is 0.608. The highest BCUT2D eigenvalue weighted by Gasteiger charge is 2.10. The Labute approximate surface area is 174 Å². The molecule has 0 saturated heterocycles. The summed E-state index contributed by atoms with van der Waals surface area (Å²) in [6.45, 7) is -0.296. The molecule has 0 aliphatic rings. The summed E-state index contributed by atoms with van der Waals surface area (Å²) in [4.78, 5) is 22.2. The van der Waals surface area contributed by atoms with Gasteiger partial charge in [-0.25, -0.2) is 5.43 Å². The molecule has 3 rings (SSSR count). The first-order chi connectivity index (χ1) is 13.9. The Bertz CT molecular complexity index is 1080. The number of hydrazone groups is 1. The molecule has 0 atom stereocenters. The maximum atomic E-state index is 11.8. The van der Waals surface area contributed by atoms with Gasteiger partial charge in [0.25, 0.3) is 11.6 Å². The van der Waals surface area contributed by atoms with Crippen LogP contribution >= 0.6 is 23.2 Å². The lowest BCUT2D eigenvalue weighted by Gasteiger charge is -2.06. The number of ether oxygens (including phenoxy) is 1. The molecule has 0 saturated carbocycles. The number of amides is 1. The molecule has 0 aliphatic heterocycles. The van der Waals surface area contributed by atoms with E-state index in [1.54, 1.807) is 36.4 Å². The molecule has 148 valence electrons. The number of carbonyl (C=O) groups excluding carboxylic acids is 1. The van der Waals surface area contributed by atoms with E-state index in [0.29, 0.717) is 27.9 Å². The number of halogens is 2. The summed E-state index contributed by atoms with van der Waals surface area (Å²) in [5.41, 5.74) is 2.80. The van der Waals surface area contributed by atoms with Gasteiger partial charge in [0.05, 0.1) is 16.2 Å². The van der Waals surface area contributed by atoms with Gasteiger partial charge in [-0.2, -0.15) is 5.10 Å². The molecule has 3 aromatic rings. The highest BCUT2D eigenvalue weighted by atomic mass is 35.5. The summed E-state index contributed by atoms with van der Waals surface area (Å²) in [7, 11) is 0. The second-order valence-electron chi connectivity index (χ2n) is 5.67. The second kappa shape index (κ2) is 9.22. The third kappa shape index (κ3) is 5.56. The Kier molecular flexibility index (Phi) is 6.48. The number of hydrogen-bond acceptors (Lipinski definition) is 6. The highest BCUT2D eigenvalue weighted by molar-refractivity contribution is 6.35. The second-order valence-corrected chi connectivity index (χ2v) is 6.51. The minimum absolute atomic E-state index is 0.0397. The predicted molar refractivity (Wildman–Crippen MR) is 108 cm³/mol. The fourth-order valence-electron chi connectivity index (χ4n) is 2.29. The van der Waals surface area contributed by atoms with Crippen molar-refractivity contribution in [2.24, 2.45) is 5.10 Å². The molecular formula is C19H13Cl2N3O5. The van der Waals surface area contributed by atoms with Crippen molar-refractivity contribution in [3.05, 3.63) is 80.5 Å². The Hall–Kier alpha value is -3.36. The van der Waals surface area contributed by atoms with Gasteiger partial charge in [0.2, 0.25) is 0 Å². The molecular weight excluding hydrogens is 421 g/mol. The lowest BCUT2D eigenvalue weighted by Crippen LogP contribution is -2.24. The van der Waals surface area contributed by atoms with E-state index in [1.807, 2.05) is 0 Å². The van der Waals surface area contributed by atoms with Crippen LogP contribution in [0.15, 0.2) is 64.1 Å². The van der Waals surface area contributed by atoms with Gasteiger partial charge in [-0.05, 0) is 30.3 Å². The van der Waals surface area contributed by atoms with Crippen LogP contribution in [0, 0.1) is 10.1 Å². The van der Waals surface area contributed by atoms with E-state index < -0.39 is 10.8 Å². The van der Waals surface area contributed by atoms with Gasteiger partial charge in [-0.15, -0.1) is 0 Å². The molecule has 1 N–H and O–H groups in total. The minimum atomic E-state index is -0.502. The monoisotopic (exact) mass is 433 g/mol. The van der Waals surface area contributed by atoms with Crippen LogP contribution < -0.4 is 10.2 Å². The number of carbonyl (C=O) groups is 1. The van der Waals surface area contributed by atoms with Crippen molar-refractivity contribution >= 4 is 41.0 Å².